The molecule has 0 radical (unpaired) electrons. The summed E-state index contributed by atoms with van der Waals surface area (Å²) in [6, 6.07) is 35.1. The van der Waals surface area contributed by atoms with Crippen LogP contribution < -0.4 is 0 Å². The molecule has 0 saturated heterocycles. The van der Waals surface area contributed by atoms with Gasteiger partial charge in [0.2, 0.25) is 5.78 Å². The molecular formula is C27H20O3. The Morgan fingerprint density at radius 3 is 1.63 bits per heavy atom. The van der Waals surface area contributed by atoms with E-state index in [1.807, 2.05) is 66.7 Å². The zero-order chi connectivity index (χ0) is 20.8. The molecule has 3 nitrogen and oxygen atoms in total. The summed E-state index contributed by atoms with van der Waals surface area (Å²) in [5.74, 6) is -0.788. The number of benzene rings is 4. The summed E-state index contributed by atoms with van der Waals surface area (Å²) in [6.07, 6.45) is -1.00. The Morgan fingerprint density at radius 2 is 1.03 bits per heavy atom. The molecule has 0 fully saturated rings. The van der Waals surface area contributed by atoms with E-state index in [1.165, 1.54) is 0 Å². The lowest BCUT2D eigenvalue weighted by molar-refractivity contribution is 0.0280. The maximum atomic E-state index is 13.1. The van der Waals surface area contributed by atoms with Gasteiger partial charge in [-0.2, -0.15) is 0 Å². The average molecular weight is 392 g/mol. The van der Waals surface area contributed by atoms with E-state index in [1.54, 1.807) is 48.5 Å². The Bertz CT molecular complexity index is 1120. The molecule has 4 aromatic carbocycles. The first kappa shape index (κ1) is 19.3. The van der Waals surface area contributed by atoms with Gasteiger partial charge >= 0.3 is 5.97 Å². The van der Waals surface area contributed by atoms with Gasteiger partial charge in [-0.05, 0) is 23.3 Å². The molecule has 4 rings (SSSR count). The predicted molar refractivity (Wildman–Crippen MR) is 117 cm³/mol. The summed E-state index contributed by atoms with van der Waals surface area (Å²) < 4.78 is 5.70. The number of esters is 1. The van der Waals surface area contributed by atoms with Gasteiger partial charge < -0.3 is 4.74 Å². The third kappa shape index (κ3) is 4.36. The molecule has 0 aromatic heterocycles. The first-order chi connectivity index (χ1) is 14.7. The number of rotatable bonds is 6. The quantitative estimate of drug-likeness (QED) is 0.293. The zero-order valence-corrected chi connectivity index (χ0v) is 16.3. The molecule has 0 heterocycles. The van der Waals surface area contributed by atoms with Crippen LogP contribution in [0.2, 0.25) is 0 Å². The van der Waals surface area contributed by atoms with Crippen molar-refractivity contribution < 1.29 is 14.3 Å². The second kappa shape index (κ2) is 9.01. The van der Waals surface area contributed by atoms with Gasteiger partial charge in [0.1, 0.15) is 0 Å². The molecule has 0 aliphatic heterocycles. The first-order valence-electron chi connectivity index (χ1n) is 9.73. The molecule has 0 saturated carbocycles. The monoisotopic (exact) mass is 392 g/mol. The second-order valence-corrected chi connectivity index (χ2v) is 6.87. The van der Waals surface area contributed by atoms with Gasteiger partial charge in [0.25, 0.3) is 0 Å². The van der Waals surface area contributed by atoms with Crippen molar-refractivity contribution in [3.63, 3.8) is 0 Å². The smallest absolute Gasteiger partial charge is 0.339 e. The van der Waals surface area contributed by atoms with E-state index in [4.69, 9.17) is 4.74 Å². The standard InChI is InChI=1S/C27H20O3/c28-25(22-12-6-2-7-13-22)26(23-14-8-3-9-15-23)30-27(29)24-18-16-21(17-19-24)20-10-4-1-5-11-20/h1-19,26H. The minimum absolute atomic E-state index is 0.254. The lowest BCUT2D eigenvalue weighted by Crippen LogP contribution is -2.20. The number of ether oxygens (including phenoxy) is 1. The predicted octanol–water partition coefficient (Wildman–Crippen LogP) is 6.13. The molecule has 1 unspecified atom stereocenters. The molecule has 3 heteroatoms. The molecule has 1 atom stereocenters. The highest BCUT2D eigenvalue weighted by molar-refractivity contribution is 6.02. The molecule has 0 aliphatic rings. The summed E-state index contributed by atoms with van der Waals surface area (Å²) in [7, 11) is 0. The fraction of sp³-hybridized carbons (Fsp3) is 0.0370. The number of hydrogen-bond acceptors (Lipinski definition) is 3. The van der Waals surface area contributed by atoms with Gasteiger partial charge in [0, 0.05) is 11.1 Å². The minimum Gasteiger partial charge on any atom is -0.445 e. The van der Waals surface area contributed by atoms with Crippen molar-refractivity contribution in [2.45, 2.75) is 6.10 Å². The number of ketones is 1. The fourth-order valence-corrected chi connectivity index (χ4v) is 3.26. The Hall–Kier alpha value is -3.98. The Balaban J connectivity index is 1.58. The van der Waals surface area contributed by atoms with E-state index in [-0.39, 0.29) is 5.78 Å². The van der Waals surface area contributed by atoms with Gasteiger partial charge in [0.05, 0.1) is 5.56 Å². The summed E-state index contributed by atoms with van der Waals surface area (Å²) in [4.78, 5) is 25.9. The van der Waals surface area contributed by atoms with E-state index >= 15 is 0 Å². The Morgan fingerprint density at radius 1 is 0.533 bits per heavy atom. The van der Waals surface area contributed by atoms with Crippen molar-refractivity contribution in [2.24, 2.45) is 0 Å². The van der Waals surface area contributed by atoms with Crippen molar-refractivity contribution in [2.75, 3.05) is 0 Å². The van der Waals surface area contributed by atoms with Crippen LogP contribution in [-0.2, 0) is 4.74 Å². The number of Topliss-reactive ketones (excluding diaryl/α,β-unsaturated/α-hetero) is 1. The van der Waals surface area contributed by atoms with Crippen LogP contribution in [0, 0.1) is 0 Å². The van der Waals surface area contributed by atoms with E-state index in [0.717, 1.165) is 11.1 Å². The number of hydrogen-bond donors (Lipinski definition) is 0. The van der Waals surface area contributed by atoms with Crippen LogP contribution in [0.25, 0.3) is 11.1 Å². The van der Waals surface area contributed by atoms with Gasteiger partial charge in [-0.15, -0.1) is 0 Å². The molecule has 4 aromatic rings. The van der Waals surface area contributed by atoms with Crippen molar-refractivity contribution >= 4 is 11.8 Å². The summed E-state index contributed by atoms with van der Waals surface area (Å²) in [5.41, 5.74) is 3.61. The van der Waals surface area contributed by atoms with Crippen LogP contribution in [0.4, 0.5) is 0 Å². The van der Waals surface area contributed by atoms with Crippen molar-refractivity contribution in [3.8, 4) is 11.1 Å². The maximum absolute atomic E-state index is 13.1. The van der Waals surface area contributed by atoms with Crippen molar-refractivity contribution in [3.05, 3.63) is 132 Å². The lowest BCUT2D eigenvalue weighted by atomic mass is 9.99. The molecule has 30 heavy (non-hydrogen) atoms. The summed E-state index contributed by atoms with van der Waals surface area (Å²) in [6.45, 7) is 0. The van der Waals surface area contributed by atoms with Crippen LogP contribution in [0.15, 0.2) is 115 Å². The first-order valence-corrected chi connectivity index (χ1v) is 9.73. The topological polar surface area (TPSA) is 43.4 Å². The SMILES string of the molecule is O=C(OC(C(=O)c1ccccc1)c1ccccc1)c1ccc(-c2ccccc2)cc1. The third-order valence-electron chi connectivity index (χ3n) is 4.85. The molecular weight excluding hydrogens is 372 g/mol. The minimum atomic E-state index is -1.00. The van der Waals surface area contributed by atoms with Crippen LogP contribution in [0.5, 0.6) is 0 Å². The summed E-state index contributed by atoms with van der Waals surface area (Å²) in [5, 5.41) is 0. The zero-order valence-electron chi connectivity index (χ0n) is 16.3. The van der Waals surface area contributed by atoms with E-state index in [9.17, 15) is 9.59 Å². The molecule has 0 N–H and O–H groups in total. The van der Waals surface area contributed by atoms with E-state index < -0.39 is 12.1 Å². The molecule has 0 amide bonds. The maximum Gasteiger partial charge on any atom is 0.339 e. The van der Waals surface area contributed by atoms with Crippen molar-refractivity contribution in [1.29, 1.82) is 0 Å². The van der Waals surface area contributed by atoms with Crippen LogP contribution >= 0.6 is 0 Å². The van der Waals surface area contributed by atoms with Gasteiger partial charge in [0.15, 0.2) is 6.10 Å². The molecule has 0 spiro atoms. The average Bonchev–Trinajstić information content (AvgIpc) is 2.84. The van der Waals surface area contributed by atoms with Crippen LogP contribution in [0.3, 0.4) is 0 Å². The largest absolute Gasteiger partial charge is 0.445 e. The normalized spacial score (nSPS) is 11.5. The van der Waals surface area contributed by atoms with Crippen molar-refractivity contribution in [1.82, 2.24) is 0 Å². The summed E-state index contributed by atoms with van der Waals surface area (Å²) >= 11 is 0. The molecule has 146 valence electrons. The number of carbonyl (C=O) groups excluding carboxylic acids is 2. The van der Waals surface area contributed by atoms with Crippen LogP contribution in [0.1, 0.15) is 32.4 Å². The Kier molecular flexibility index (Phi) is 5.81. The number of carbonyl (C=O) groups is 2. The lowest BCUT2D eigenvalue weighted by Gasteiger charge is -2.17. The molecule has 0 bridgehead atoms. The molecule has 0 aliphatic carbocycles. The highest BCUT2D eigenvalue weighted by atomic mass is 16.5. The van der Waals surface area contributed by atoms with E-state index in [0.29, 0.717) is 16.7 Å². The van der Waals surface area contributed by atoms with Gasteiger partial charge in [-0.3, -0.25) is 4.79 Å². The Labute approximate surface area is 175 Å². The highest BCUT2D eigenvalue weighted by Crippen LogP contribution is 2.25. The van der Waals surface area contributed by atoms with Gasteiger partial charge in [-0.1, -0.05) is 103 Å². The fourth-order valence-electron chi connectivity index (χ4n) is 3.26. The van der Waals surface area contributed by atoms with E-state index in [2.05, 4.69) is 0 Å². The third-order valence-corrected chi connectivity index (χ3v) is 4.85. The highest BCUT2D eigenvalue weighted by Gasteiger charge is 2.26. The second-order valence-electron chi connectivity index (χ2n) is 6.87. The van der Waals surface area contributed by atoms with Crippen LogP contribution in [-0.4, -0.2) is 11.8 Å². The van der Waals surface area contributed by atoms with Gasteiger partial charge in [-0.25, -0.2) is 4.79 Å².